The third-order valence-electron chi connectivity index (χ3n) is 2.92. The molecule has 0 bridgehead atoms. The summed E-state index contributed by atoms with van der Waals surface area (Å²) in [4.78, 5) is 0. The molecule has 1 nitrogen and oxygen atoms in total. The molecular formula is C12H15BrFN. The van der Waals surface area contributed by atoms with E-state index in [1.807, 2.05) is 19.1 Å². The molecule has 3 heteroatoms. The molecule has 0 aromatic heterocycles. The van der Waals surface area contributed by atoms with Gasteiger partial charge >= 0.3 is 0 Å². The molecule has 2 rings (SSSR count). The molecule has 15 heavy (non-hydrogen) atoms. The van der Waals surface area contributed by atoms with Crippen molar-refractivity contribution in [3.63, 3.8) is 0 Å². The molecular weight excluding hydrogens is 257 g/mol. The molecule has 0 spiro atoms. The van der Waals surface area contributed by atoms with Crippen LogP contribution < -0.4 is 5.32 Å². The molecule has 1 fully saturated rings. The molecule has 0 saturated carbocycles. The summed E-state index contributed by atoms with van der Waals surface area (Å²) in [6, 6.07) is 4.16. The summed E-state index contributed by atoms with van der Waals surface area (Å²) in [6.45, 7) is 2.88. The van der Waals surface area contributed by atoms with E-state index in [0.29, 0.717) is 6.04 Å². The Bertz CT molecular complexity index is 359. The summed E-state index contributed by atoms with van der Waals surface area (Å²) < 4.78 is 14.8. The molecule has 0 amide bonds. The highest BCUT2D eigenvalue weighted by atomic mass is 79.9. The minimum absolute atomic E-state index is 0.0492. The van der Waals surface area contributed by atoms with E-state index < -0.39 is 0 Å². The maximum atomic E-state index is 13.8. The number of nitrogens with one attached hydrogen (secondary N) is 1. The Balaban J connectivity index is 2.19. The Morgan fingerprint density at radius 1 is 1.53 bits per heavy atom. The molecule has 82 valence electrons. The maximum Gasteiger partial charge on any atom is 0.129 e. The zero-order chi connectivity index (χ0) is 10.8. The van der Waals surface area contributed by atoms with Gasteiger partial charge in [0.05, 0.1) is 0 Å². The SMILES string of the molecule is Cc1cc(Br)cc(CC2CCCN2)c1F. The molecule has 1 atom stereocenters. The lowest BCUT2D eigenvalue weighted by Crippen LogP contribution is -2.24. The van der Waals surface area contributed by atoms with Crippen molar-refractivity contribution in [3.05, 3.63) is 33.5 Å². The van der Waals surface area contributed by atoms with E-state index in [2.05, 4.69) is 21.2 Å². The number of halogens is 2. The average Bonchev–Trinajstić information content (AvgIpc) is 2.66. The summed E-state index contributed by atoms with van der Waals surface area (Å²) in [5, 5.41) is 3.39. The van der Waals surface area contributed by atoms with E-state index in [-0.39, 0.29) is 5.82 Å². The summed E-state index contributed by atoms with van der Waals surface area (Å²) in [7, 11) is 0. The Hall–Kier alpha value is -0.410. The topological polar surface area (TPSA) is 12.0 Å². The van der Waals surface area contributed by atoms with Gasteiger partial charge in [-0.05, 0) is 56.0 Å². The number of rotatable bonds is 2. The third-order valence-corrected chi connectivity index (χ3v) is 3.38. The van der Waals surface area contributed by atoms with E-state index in [1.165, 1.54) is 6.42 Å². The lowest BCUT2D eigenvalue weighted by atomic mass is 10.0. The monoisotopic (exact) mass is 271 g/mol. The standard InChI is InChI=1S/C12H15BrFN/c1-8-5-10(13)6-9(12(8)14)7-11-3-2-4-15-11/h5-6,11,15H,2-4,7H2,1H3. The second kappa shape index (κ2) is 4.62. The lowest BCUT2D eigenvalue weighted by Gasteiger charge is -2.12. The highest BCUT2D eigenvalue weighted by Crippen LogP contribution is 2.22. The zero-order valence-electron chi connectivity index (χ0n) is 8.82. The number of hydrogen-bond donors (Lipinski definition) is 1. The van der Waals surface area contributed by atoms with Crippen LogP contribution in [0.3, 0.4) is 0 Å². The summed E-state index contributed by atoms with van der Waals surface area (Å²) >= 11 is 3.41. The van der Waals surface area contributed by atoms with Gasteiger partial charge in [-0.25, -0.2) is 4.39 Å². The predicted molar refractivity (Wildman–Crippen MR) is 63.6 cm³/mol. The fourth-order valence-corrected chi connectivity index (χ4v) is 2.76. The maximum absolute atomic E-state index is 13.8. The van der Waals surface area contributed by atoms with Crippen LogP contribution in [0.5, 0.6) is 0 Å². The Kier molecular flexibility index (Phi) is 3.42. The number of aryl methyl sites for hydroxylation is 1. The molecule has 1 aromatic rings. The molecule has 1 unspecified atom stereocenters. The van der Waals surface area contributed by atoms with Gasteiger partial charge in [-0.15, -0.1) is 0 Å². The summed E-state index contributed by atoms with van der Waals surface area (Å²) in [5.74, 6) is -0.0492. The summed E-state index contributed by atoms with van der Waals surface area (Å²) in [5.41, 5.74) is 1.54. The smallest absolute Gasteiger partial charge is 0.129 e. The van der Waals surface area contributed by atoms with Gasteiger partial charge in [0.2, 0.25) is 0 Å². The third kappa shape index (κ3) is 2.58. The Labute approximate surface area is 98.2 Å². The first-order valence-corrected chi connectivity index (χ1v) is 6.14. The highest BCUT2D eigenvalue weighted by molar-refractivity contribution is 9.10. The first-order valence-electron chi connectivity index (χ1n) is 5.34. The summed E-state index contributed by atoms with van der Waals surface area (Å²) in [6.07, 6.45) is 3.16. The van der Waals surface area contributed by atoms with E-state index >= 15 is 0 Å². The Morgan fingerprint density at radius 3 is 3.00 bits per heavy atom. The average molecular weight is 272 g/mol. The van der Waals surface area contributed by atoms with Gasteiger partial charge in [-0.2, -0.15) is 0 Å². The van der Waals surface area contributed by atoms with Crippen LogP contribution in [0.2, 0.25) is 0 Å². The van der Waals surface area contributed by atoms with Crippen LogP contribution in [-0.4, -0.2) is 12.6 Å². The molecule has 1 aliphatic heterocycles. The lowest BCUT2D eigenvalue weighted by molar-refractivity contribution is 0.556. The largest absolute Gasteiger partial charge is 0.314 e. The van der Waals surface area contributed by atoms with Crippen molar-refractivity contribution < 1.29 is 4.39 Å². The minimum Gasteiger partial charge on any atom is -0.314 e. The number of hydrogen-bond acceptors (Lipinski definition) is 1. The van der Waals surface area contributed by atoms with Gasteiger partial charge in [-0.3, -0.25) is 0 Å². The van der Waals surface area contributed by atoms with Gasteiger partial charge in [0, 0.05) is 10.5 Å². The van der Waals surface area contributed by atoms with Crippen LogP contribution in [0.15, 0.2) is 16.6 Å². The van der Waals surface area contributed by atoms with Crippen LogP contribution in [0.25, 0.3) is 0 Å². The molecule has 1 aromatic carbocycles. The van der Waals surface area contributed by atoms with Crippen LogP contribution in [0.4, 0.5) is 4.39 Å². The van der Waals surface area contributed by atoms with Crippen molar-refractivity contribution in [3.8, 4) is 0 Å². The first kappa shape index (κ1) is 11.1. The minimum atomic E-state index is -0.0492. The van der Waals surface area contributed by atoms with Crippen molar-refractivity contribution in [2.24, 2.45) is 0 Å². The molecule has 1 heterocycles. The van der Waals surface area contributed by atoms with E-state index in [1.54, 1.807) is 0 Å². The van der Waals surface area contributed by atoms with Gasteiger partial charge in [-0.1, -0.05) is 15.9 Å². The van der Waals surface area contributed by atoms with Crippen molar-refractivity contribution in [1.82, 2.24) is 5.32 Å². The quantitative estimate of drug-likeness (QED) is 0.871. The van der Waals surface area contributed by atoms with Gasteiger partial charge in [0.25, 0.3) is 0 Å². The van der Waals surface area contributed by atoms with E-state index in [9.17, 15) is 4.39 Å². The fraction of sp³-hybridized carbons (Fsp3) is 0.500. The van der Waals surface area contributed by atoms with Crippen molar-refractivity contribution >= 4 is 15.9 Å². The van der Waals surface area contributed by atoms with E-state index in [0.717, 1.165) is 35.0 Å². The fourth-order valence-electron chi connectivity index (χ4n) is 2.14. The van der Waals surface area contributed by atoms with Crippen molar-refractivity contribution in [2.45, 2.75) is 32.2 Å². The molecule has 1 N–H and O–H groups in total. The van der Waals surface area contributed by atoms with E-state index in [4.69, 9.17) is 0 Å². The van der Waals surface area contributed by atoms with Gasteiger partial charge < -0.3 is 5.32 Å². The predicted octanol–water partition coefficient (Wildman–Crippen LogP) is 3.19. The first-order chi connectivity index (χ1) is 7.16. The van der Waals surface area contributed by atoms with Crippen LogP contribution in [-0.2, 0) is 6.42 Å². The zero-order valence-corrected chi connectivity index (χ0v) is 10.4. The highest BCUT2D eigenvalue weighted by Gasteiger charge is 2.17. The van der Waals surface area contributed by atoms with Gasteiger partial charge in [0.1, 0.15) is 5.82 Å². The second-order valence-corrected chi connectivity index (χ2v) is 5.11. The van der Waals surface area contributed by atoms with Crippen molar-refractivity contribution in [1.29, 1.82) is 0 Å². The van der Waals surface area contributed by atoms with Crippen LogP contribution in [0.1, 0.15) is 24.0 Å². The number of benzene rings is 1. The molecule has 0 radical (unpaired) electrons. The molecule has 1 saturated heterocycles. The normalized spacial score (nSPS) is 20.9. The molecule has 1 aliphatic rings. The molecule has 0 aliphatic carbocycles. The van der Waals surface area contributed by atoms with Gasteiger partial charge in [0.15, 0.2) is 0 Å². The van der Waals surface area contributed by atoms with Crippen LogP contribution in [0, 0.1) is 12.7 Å². The second-order valence-electron chi connectivity index (χ2n) is 4.19. The van der Waals surface area contributed by atoms with Crippen molar-refractivity contribution in [2.75, 3.05) is 6.54 Å². The van der Waals surface area contributed by atoms with Crippen LogP contribution >= 0.6 is 15.9 Å². The Morgan fingerprint density at radius 2 is 2.33 bits per heavy atom.